The third kappa shape index (κ3) is 9.07. The number of anilines is 2. The number of rotatable bonds is 18. The Bertz CT molecular complexity index is 2220. The number of aryl methyl sites for hydroxylation is 1. The first-order chi connectivity index (χ1) is 24.4. The Morgan fingerprint density at radius 2 is 1.85 bits per heavy atom. The molecule has 5 heterocycles. The van der Waals surface area contributed by atoms with Gasteiger partial charge in [-0.2, -0.15) is 28.2 Å². The monoisotopic (exact) mass is 798 g/mol. The lowest BCUT2D eigenvalue weighted by Crippen LogP contribution is -2.34. The molecule has 1 aliphatic rings. The first kappa shape index (κ1) is 39.5. The van der Waals surface area contributed by atoms with Gasteiger partial charge >= 0.3 is 29.0 Å². The van der Waals surface area contributed by atoms with E-state index in [1.807, 2.05) is 0 Å². The second kappa shape index (κ2) is 15.7. The Kier molecular flexibility index (Phi) is 11.9. The molecule has 4 aromatic heterocycles. The van der Waals surface area contributed by atoms with Crippen molar-refractivity contribution in [2.45, 2.75) is 19.2 Å². The minimum atomic E-state index is -5.80. The maximum atomic E-state index is 12.6. The SMILES string of the molecule is C=CCON1C[C@H](n2c[n+](C)c3c(=O)[nH]c(NC)nc32)O[C@@H]1COP(=O)(O)OP(=O)(O)OP(=O)(O)OCCOCn1cnc2c(=O)n(C)c(N)nc21. The molecule has 0 saturated carbocycles. The van der Waals surface area contributed by atoms with E-state index in [-0.39, 0.29) is 60.7 Å². The van der Waals surface area contributed by atoms with Crippen LogP contribution in [-0.4, -0.2) is 99.6 Å². The van der Waals surface area contributed by atoms with Crippen LogP contribution in [0, 0.1) is 0 Å². The molecule has 26 nitrogen and oxygen atoms in total. The average Bonchev–Trinajstić information content (AvgIpc) is 3.75. The molecule has 1 saturated heterocycles. The van der Waals surface area contributed by atoms with Crippen molar-refractivity contribution in [3.63, 3.8) is 0 Å². The fraction of sp³-hybridized carbons (Fsp3) is 0.478. The molecule has 1 fully saturated rings. The van der Waals surface area contributed by atoms with E-state index >= 15 is 0 Å². The Hall–Kier alpha value is -3.71. The summed E-state index contributed by atoms with van der Waals surface area (Å²) in [5.74, 6) is 0.0976. The second-order valence-corrected chi connectivity index (χ2v) is 15.3. The van der Waals surface area contributed by atoms with E-state index in [2.05, 4.69) is 45.0 Å². The van der Waals surface area contributed by atoms with E-state index in [1.54, 1.807) is 14.1 Å². The Labute approximate surface area is 291 Å². The number of hydrogen-bond donors (Lipinski definition) is 6. The number of nitrogens with two attached hydrogens (primary N) is 1. The molecule has 7 N–H and O–H groups in total. The molecular formula is C23H35N11O15P3+. The minimum absolute atomic E-state index is 0.0201. The predicted molar refractivity (Wildman–Crippen MR) is 175 cm³/mol. The van der Waals surface area contributed by atoms with E-state index < -0.39 is 60.3 Å². The summed E-state index contributed by atoms with van der Waals surface area (Å²) in [6.45, 7) is 1.39. The lowest BCUT2D eigenvalue weighted by molar-refractivity contribution is -0.646. The van der Waals surface area contributed by atoms with Crippen LogP contribution in [-0.2, 0) is 66.5 Å². The highest BCUT2D eigenvalue weighted by molar-refractivity contribution is 7.66. The first-order valence-corrected chi connectivity index (χ1v) is 19.2. The summed E-state index contributed by atoms with van der Waals surface area (Å²) in [5.41, 5.74) is 5.35. The summed E-state index contributed by atoms with van der Waals surface area (Å²) in [4.78, 5) is 75.4. The fourth-order valence-corrected chi connectivity index (χ4v) is 8.22. The maximum Gasteiger partial charge on any atom is 0.490 e. The van der Waals surface area contributed by atoms with E-state index in [1.165, 1.54) is 44.5 Å². The number of phosphoric acid groups is 3. The third-order valence-electron chi connectivity index (χ3n) is 7.04. The standard InChI is InChI=1S/C23H34N11O15P3/c1-5-6-44-34-9-14(33-12-30(3)17-19(33)28-23(25-2)29-20(17)35)47-15(34)10-46-51(39,40)49-52(41,42)48-50(37,38)45-8-7-43-13-32-11-26-16-18(32)27-22(24)31(4)21(16)36/h5,11-12,14-15H,1,6-10,13H2,2-4H3,(H6-,24,25,27,28,29,35,36,37,38,39,40,41,42)/p+1/t14-,15-/m1/s1. The van der Waals surface area contributed by atoms with Gasteiger partial charge in [-0.25, -0.2) is 23.2 Å². The summed E-state index contributed by atoms with van der Waals surface area (Å²) in [6.07, 6.45) is 2.07. The van der Waals surface area contributed by atoms with Gasteiger partial charge in [-0.1, -0.05) is 6.08 Å². The normalized spacial score (nSPS) is 20.2. The van der Waals surface area contributed by atoms with Gasteiger partial charge in [0, 0.05) is 14.1 Å². The minimum Gasteiger partial charge on any atom is -0.369 e. The number of hydrogen-bond acceptors (Lipinski definition) is 18. The van der Waals surface area contributed by atoms with Gasteiger partial charge in [0.05, 0.1) is 39.7 Å². The first-order valence-electron chi connectivity index (χ1n) is 14.7. The molecule has 0 spiro atoms. The van der Waals surface area contributed by atoms with Gasteiger partial charge < -0.3 is 35.2 Å². The Morgan fingerprint density at radius 3 is 2.54 bits per heavy atom. The van der Waals surface area contributed by atoms with Crippen LogP contribution in [0.25, 0.3) is 22.3 Å². The smallest absolute Gasteiger partial charge is 0.369 e. The van der Waals surface area contributed by atoms with Crippen molar-refractivity contribution in [2.24, 2.45) is 14.1 Å². The number of aromatic amines is 1. The number of H-pyrrole nitrogens is 1. The van der Waals surface area contributed by atoms with E-state index in [9.17, 15) is 38.0 Å². The molecule has 29 heteroatoms. The van der Waals surface area contributed by atoms with Crippen molar-refractivity contribution in [3.8, 4) is 0 Å². The maximum absolute atomic E-state index is 12.6. The zero-order valence-electron chi connectivity index (χ0n) is 27.6. The van der Waals surface area contributed by atoms with Crippen LogP contribution in [0.5, 0.6) is 0 Å². The van der Waals surface area contributed by atoms with Crippen LogP contribution < -0.4 is 26.7 Å². The van der Waals surface area contributed by atoms with Crippen LogP contribution in [0.1, 0.15) is 6.23 Å². The third-order valence-corrected chi connectivity index (χ3v) is 11.3. The van der Waals surface area contributed by atoms with E-state index in [0.717, 1.165) is 4.57 Å². The largest absolute Gasteiger partial charge is 0.490 e. The molecule has 0 radical (unpaired) electrons. The van der Waals surface area contributed by atoms with Gasteiger partial charge in [-0.3, -0.25) is 37.6 Å². The van der Waals surface area contributed by atoms with Crippen LogP contribution >= 0.6 is 23.5 Å². The fourth-order valence-electron chi connectivity index (χ4n) is 4.75. The van der Waals surface area contributed by atoms with E-state index in [4.69, 9.17) is 24.6 Å². The van der Waals surface area contributed by atoms with Gasteiger partial charge in [-0.15, -0.1) is 6.58 Å². The second-order valence-electron chi connectivity index (χ2n) is 10.7. The van der Waals surface area contributed by atoms with Gasteiger partial charge in [0.25, 0.3) is 16.7 Å². The highest BCUT2D eigenvalue weighted by Gasteiger charge is 2.45. The van der Waals surface area contributed by atoms with E-state index in [0.29, 0.717) is 0 Å². The van der Waals surface area contributed by atoms with Crippen molar-refractivity contribution in [3.05, 3.63) is 46.0 Å². The summed E-state index contributed by atoms with van der Waals surface area (Å²) >= 11 is 0. The lowest BCUT2D eigenvalue weighted by Gasteiger charge is -2.22. The molecule has 1 aliphatic heterocycles. The number of nitrogen functional groups attached to an aromatic ring is 1. The van der Waals surface area contributed by atoms with Crippen molar-refractivity contribution in [1.29, 1.82) is 0 Å². The molecule has 3 unspecified atom stereocenters. The topological polar surface area (TPSA) is 325 Å². The zero-order valence-corrected chi connectivity index (χ0v) is 30.3. The molecule has 0 amide bonds. The van der Waals surface area contributed by atoms with Gasteiger partial charge in [0.2, 0.25) is 24.5 Å². The highest BCUT2D eigenvalue weighted by Crippen LogP contribution is 2.67. The quantitative estimate of drug-likeness (QED) is 0.0302. The molecule has 286 valence electrons. The molecule has 0 bridgehead atoms. The van der Waals surface area contributed by atoms with Crippen molar-refractivity contribution < 1.29 is 64.9 Å². The zero-order chi connectivity index (χ0) is 38.0. The molecule has 52 heavy (non-hydrogen) atoms. The number of imidazole rings is 2. The number of phosphoric ester groups is 2. The number of hydroxylamine groups is 2. The molecule has 4 aromatic rings. The number of ether oxygens (including phenoxy) is 2. The number of nitrogens with one attached hydrogen (secondary N) is 2. The van der Waals surface area contributed by atoms with Crippen LogP contribution in [0.3, 0.4) is 0 Å². The molecule has 5 rings (SSSR count). The number of fused-ring (bicyclic) bond motifs is 2. The molecule has 0 aliphatic carbocycles. The van der Waals surface area contributed by atoms with Crippen molar-refractivity contribution in [2.75, 3.05) is 51.1 Å². The number of nitrogens with zero attached hydrogens (tertiary/aromatic N) is 8. The Morgan fingerprint density at radius 1 is 1.13 bits per heavy atom. The van der Waals surface area contributed by atoms with Gasteiger partial charge in [0.15, 0.2) is 17.4 Å². The Balaban J connectivity index is 1.14. The van der Waals surface area contributed by atoms with Gasteiger partial charge in [-0.05, 0) is 0 Å². The lowest BCUT2D eigenvalue weighted by atomic mass is 10.5. The summed E-state index contributed by atoms with van der Waals surface area (Å²) in [5, 5.41) is 3.97. The van der Waals surface area contributed by atoms with Crippen LogP contribution in [0.2, 0.25) is 0 Å². The van der Waals surface area contributed by atoms with Crippen molar-refractivity contribution >= 4 is 57.7 Å². The molecule has 0 aromatic carbocycles. The van der Waals surface area contributed by atoms with Crippen LogP contribution in [0.15, 0.2) is 34.9 Å². The molecular weight excluding hydrogens is 763 g/mol. The number of aromatic nitrogens is 8. The summed E-state index contributed by atoms with van der Waals surface area (Å²) in [7, 11) is -12.1. The predicted octanol–water partition coefficient (Wildman–Crippen LogP) is -1.07. The summed E-state index contributed by atoms with van der Waals surface area (Å²) in [6, 6.07) is 0. The van der Waals surface area contributed by atoms with Gasteiger partial charge in [0.1, 0.15) is 13.3 Å². The highest BCUT2D eigenvalue weighted by atomic mass is 31.3. The van der Waals surface area contributed by atoms with Crippen LogP contribution in [0.4, 0.5) is 11.9 Å². The van der Waals surface area contributed by atoms with Crippen molar-refractivity contribution in [1.82, 2.24) is 38.7 Å². The average molecular weight is 799 g/mol. The molecule has 5 atom stereocenters. The summed E-state index contributed by atoms with van der Waals surface area (Å²) < 4.78 is 71.7.